The fraction of sp³-hybridized carbons (Fsp3) is 0.833. The Morgan fingerprint density at radius 3 is 2.53 bits per heavy atom. The zero-order valence-corrected chi connectivity index (χ0v) is 9.91. The predicted octanol–water partition coefficient (Wildman–Crippen LogP) is 0.927. The highest BCUT2D eigenvalue weighted by molar-refractivity contribution is 5.82. The van der Waals surface area contributed by atoms with Crippen LogP contribution >= 0.6 is 0 Å². The first-order valence-corrected chi connectivity index (χ1v) is 6.27. The van der Waals surface area contributed by atoms with E-state index in [0.29, 0.717) is 19.4 Å². The molecule has 0 spiro atoms. The summed E-state index contributed by atoms with van der Waals surface area (Å²) in [6.07, 6.45) is 4.62. The van der Waals surface area contributed by atoms with Gasteiger partial charge in [0.1, 0.15) is 6.10 Å². The molecule has 1 heterocycles. The number of nitrogens with one attached hydrogen (secondary N) is 1. The van der Waals surface area contributed by atoms with Crippen LogP contribution in [0.1, 0.15) is 38.5 Å². The molecular formula is C12H19NO4. The van der Waals surface area contributed by atoms with Gasteiger partial charge >= 0.3 is 5.97 Å². The Kier molecular flexibility index (Phi) is 3.66. The molecule has 1 unspecified atom stereocenters. The van der Waals surface area contributed by atoms with Gasteiger partial charge in [-0.2, -0.15) is 0 Å². The van der Waals surface area contributed by atoms with Gasteiger partial charge in [0.2, 0.25) is 5.91 Å². The summed E-state index contributed by atoms with van der Waals surface area (Å²) in [4.78, 5) is 22.9. The molecule has 2 aliphatic rings. The fourth-order valence-electron chi connectivity index (χ4n) is 2.39. The number of carboxylic acids is 1. The number of hydrogen-bond donors (Lipinski definition) is 2. The number of ether oxygens (including phenoxy) is 1. The van der Waals surface area contributed by atoms with Crippen LogP contribution < -0.4 is 5.32 Å². The van der Waals surface area contributed by atoms with E-state index in [-0.39, 0.29) is 18.6 Å². The van der Waals surface area contributed by atoms with E-state index in [1.807, 2.05) is 0 Å². The van der Waals surface area contributed by atoms with Crippen LogP contribution in [0.25, 0.3) is 0 Å². The molecule has 96 valence electrons. The van der Waals surface area contributed by atoms with E-state index >= 15 is 0 Å². The SMILES string of the molecule is O=C(NCC1(C(=O)O)CCC1)C1CCCCO1. The lowest BCUT2D eigenvalue weighted by Crippen LogP contribution is -2.50. The maximum Gasteiger partial charge on any atom is 0.311 e. The van der Waals surface area contributed by atoms with Gasteiger partial charge in [-0.15, -0.1) is 0 Å². The van der Waals surface area contributed by atoms with Crippen LogP contribution in [-0.2, 0) is 14.3 Å². The summed E-state index contributed by atoms with van der Waals surface area (Å²) in [5, 5.41) is 11.9. The first-order valence-electron chi connectivity index (χ1n) is 6.27. The van der Waals surface area contributed by atoms with Crippen LogP contribution in [0, 0.1) is 5.41 Å². The van der Waals surface area contributed by atoms with Crippen molar-refractivity contribution in [1.82, 2.24) is 5.32 Å². The molecule has 0 aromatic carbocycles. The van der Waals surface area contributed by atoms with Crippen LogP contribution in [0.4, 0.5) is 0 Å². The van der Waals surface area contributed by atoms with Gasteiger partial charge in [0.25, 0.3) is 0 Å². The topological polar surface area (TPSA) is 75.6 Å². The fourth-order valence-corrected chi connectivity index (χ4v) is 2.39. The molecule has 1 aliphatic carbocycles. The minimum absolute atomic E-state index is 0.155. The lowest BCUT2D eigenvalue weighted by molar-refractivity contribution is -0.154. The van der Waals surface area contributed by atoms with Crippen LogP contribution in [0.2, 0.25) is 0 Å². The largest absolute Gasteiger partial charge is 0.481 e. The molecule has 0 aromatic rings. The smallest absolute Gasteiger partial charge is 0.311 e. The van der Waals surface area contributed by atoms with Crippen molar-refractivity contribution in [3.63, 3.8) is 0 Å². The number of carbonyl (C=O) groups excluding carboxylic acids is 1. The molecule has 1 saturated heterocycles. The van der Waals surface area contributed by atoms with E-state index in [4.69, 9.17) is 9.84 Å². The van der Waals surface area contributed by atoms with Gasteiger partial charge in [0.05, 0.1) is 5.41 Å². The second kappa shape index (κ2) is 5.04. The summed E-state index contributed by atoms with van der Waals surface area (Å²) in [7, 11) is 0. The molecule has 1 saturated carbocycles. The van der Waals surface area contributed by atoms with Crippen molar-refractivity contribution in [1.29, 1.82) is 0 Å². The van der Waals surface area contributed by atoms with E-state index in [2.05, 4.69) is 5.32 Å². The molecule has 2 fully saturated rings. The number of aliphatic carboxylic acids is 1. The van der Waals surface area contributed by atoms with Crippen molar-refractivity contribution in [2.45, 2.75) is 44.6 Å². The second-order valence-electron chi connectivity index (χ2n) is 5.01. The summed E-state index contributed by atoms with van der Waals surface area (Å²) < 4.78 is 5.36. The normalized spacial score (nSPS) is 26.9. The summed E-state index contributed by atoms with van der Waals surface area (Å²) in [5.74, 6) is -0.953. The highest BCUT2D eigenvalue weighted by atomic mass is 16.5. The third-order valence-corrected chi connectivity index (χ3v) is 3.84. The minimum Gasteiger partial charge on any atom is -0.481 e. The molecule has 1 atom stereocenters. The lowest BCUT2D eigenvalue weighted by Gasteiger charge is -2.38. The Bertz CT molecular complexity index is 306. The third kappa shape index (κ3) is 2.60. The van der Waals surface area contributed by atoms with Crippen molar-refractivity contribution in [3.8, 4) is 0 Å². The summed E-state index contributed by atoms with van der Waals surface area (Å²) in [6.45, 7) is 0.864. The Morgan fingerprint density at radius 1 is 1.29 bits per heavy atom. The Hall–Kier alpha value is -1.10. The van der Waals surface area contributed by atoms with Crippen molar-refractivity contribution in [2.75, 3.05) is 13.2 Å². The van der Waals surface area contributed by atoms with Crippen LogP contribution in [0.5, 0.6) is 0 Å². The van der Waals surface area contributed by atoms with Gasteiger partial charge in [-0.3, -0.25) is 9.59 Å². The van der Waals surface area contributed by atoms with Gasteiger partial charge in [-0.05, 0) is 32.1 Å². The van der Waals surface area contributed by atoms with E-state index in [1.54, 1.807) is 0 Å². The predicted molar refractivity (Wildman–Crippen MR) is 60.5 cm³/mol. The maximum absolute atomic E-state index is 11.8. The van der Waals surface area contributed by atoms with Gasteiger partial charge in [0.15, 0.2) is 0 Å². The molecule has 1 aliphatic heterocycles. The molecule has 1 amide bonds. The molecule has 2 rings (SSSR count). The molecule has 0 bridgehead atoms. The van der Waals surface area contributed by atoms with Crippen molar-refractivity contribution < 1.29 is 19.4 Å². The van der Waals surface area contributed by atoms with Gasteiger partial charge < -0.3 is 15.2 Å². The number of carbonyl (C=O) groups is 2. The van der Waals surface area contributed by atoms with Gasteiger partial charge in [-0.1, -0.05) is 6.42 Å². The van der Waals surface area contributed by atoms with Crippen LogP contribution in [-0.4, -0.2) is 36.2 Å². The van der Waals surface area contributed by atoms with Crippen molar-refractivity contribution in [2.24, 2.45) is 5.41 Å². The molecule has 17 heavy (non-hydrogen) atoms. The van der Waals surface area contributed by atoms with Crippen LogP contribution in [0.3, 0.4) is 0 Å². The molecule has 0 radical (unpaired) electrons. The molecule has 5 heteroatoms. The summed E-state index contributed by atoms with van der Waals surface area (Å²) >= 11 is 0. The summed E-state index contributed by atoms with van der Waals surface area (Å²) in [5.41, 5.74) is -0.718. The lowest BCUT2D eigenvalue weighted by atomic mass is 9.69. The van der Waals surface area contributed by atoms with Crippen molar-refractivity contribution >= 4 is 11.9 Å². The van der Waals surface area contributed by atoms with Gasteiger partial charge in [0, 0.05) is 13.2 Å². The first-order chi connectivity index (χ1) is 8.14. The molecule has 5 nitrogen and oxygen atoms in total. The Morgan fingerprint density at radius 2 is 2.06 bits per heavy atom. The van der Waals surface area contributed by atoms with Gasteiger partial charge in [-0.25, -0.2) is 0 Å². The number of hydrogen-bond acceptors (Lipinski definition) is 3. The quantitative estimate of drug-likeness (QED) is 0.767. The molecule has 0 aromatic heterocycles. The Balaban J connectivity index is 1.80. The zero-order valence-electron chi connectivity index (χ0n) is 9.91. The van der Waals surface area contributed by atoms with E-state index in [1.165, 1.54) is 0 Å². The van der Waals surface area contributed by atoms with E-state index in [0.717, 1.165) is 25.7 Å². The first kappa shape index (κ1) is 12.4. The third-order valence-electron chi connectivity index (χ3n) is 3.84. The van der Waals surface area contributed by atoms with E-state index in [9.17, 15) is 9.59 Å². The maximum atomic E-state index is 11.8. The molecule has 2 N–H and O–H groups in total. The average molecular weight is 241 g/mol. The van der Waals surface area contributed by atoms with Crippen LogP contribution in [0.15, 0.2) is 0 Å². The summed E-state index contributed by atoms with van der Waals surface area (Å²) in [6, 6.07) is 0. The monoisotopic (exact) mass is 241 g/mol. The number of carboxylic acid groups (broad SMARTS) is 1. The minimum atomic E-state index is -0.798. The highest BCUT2D eigenvalue weighted by Gasteiger charge is 2.44. The number of amides is 1. The average Bonchev–Trinajstić information content (AvgIpc) is 2.28. The molecular weight excluding hydrogens is 222 g/mol. The van der Waals surface area contributed by atoms with E-state index < -0.39 is 11.4 Å². The zero-order chi connectivity index (χ0) is 12.3. The highest BCUT2D eigenvalue weighted by Crippen LogP contribution is 2.40. The standard InChI is InChI=1S/C12H19NO4/c14-10(9-4-1-2-7-17-9)13-8-12(11(15)16)5-3-6-12/h9H,1-8H2,(H,13,14)(H,15,16). The Labute approximate surface area is 101 Å². The van der Waals surface area contributed by atoms with Crippen molar-refractivity contribution in [3.05, 3.63) is 0 Å². The second-order valence-corrected chi connectivity index (χ2v) is 5.01. The number of rotatable bonds is 4.